The standard InChI is InChI=1S/C28H27N3O5/c1-4-35-26-16-20(15-21(17-29)28(33)31-23-7-5-6-19(2)14-23)8-13-25(26)36-18-27(32)30-22-9-11-24(34-3)12-10-22/h5-16H,4,18H2,1-3H3,(H,30,32)(H,31,33). The number of carbonyl (C=O) groups is 2. The van der Waals surface area contributed by atoms with Crippen LogP contribution in [0.1, 0.15) is 18.1 Å². The van der Waals surface area contributed by atoms with E-state index in [0.29, 0.717) is 40.8 Å². The first kappa shape index (κ1) is 25.8. The molecule has 3 rings (SSSR count). The van der Waals surface area contributed by atoms with Crippen LogP contribution in [0.15, 0.2) is 72.3 Å². The van der Waals surface area contributed by atoms with Crippen molar-refractivity contribution in [1.29, 1.82) is 5.26 Å². The summed E-state index contributed by atoms with van der Waals surface area (Å²) < 4.78 is 16.4. The first-order chi connectivity index (χ1) is 17.4. The highest BCUT2D eigenvalue weighted by Gasteiger charge is 2.13. The highest BCUT2D eigenvalue weighted by atomic mass is 16.5. The summed E-state index contributed by atoms with van der Waals surface area (Å²) >= 11 is 0. The van der Waals surface area contributed by atoms with Crippen LogP contribution in [-0.4, -0.2) is 32.1 Å². The molecule has 0 aliphatic carbocycles. The first-order valence-corrected chi connectivity index (χ1v) is 11.2. The van der Waals surface area contributed by atoms with Crippen LogP contribution in [0.4, 0.5) is 11.4 Å². The predicted octanol–water partition coefficient (Wildman–Crippen LogP) is 4.97. The van der Waals surface area contributed by atoms with Gasteiger partial charge in [-0.2, -0.15) is 5.26 Å². The van der Waals surface area contributed by atoms with Gasteiger partial charge in [0.15, 0.2) is 18.1 Å². The molecule has 0 radical (unpaired) electrons. The van der Waals surface area contributed by atoms with Crippen molar-refractivity contribution >= 4 is 29.3 Å². The van der Waals surface area contributed by atoms with E-state index in [1.807, 2.05) is 38.1 Å². The van der Waals surface area contributed by atoms with Crippen LogP contribution in [-0.2, 0) is 9.59 Å². The van der Waals surface area contributed by atoms with Crippen LogP contribution in [0.25, 0.3) is 6.08 Å². The van der Waals surface area contributed by atoms with E-state index in [1.165, 1.54) is 6.08 Å². The summed E-state index contributed by atoms with van der Waals surface area (Å²) in [6.07, 6.45) is 1.47. The van der Waals surface area contributed by atoms with Crippen molar-refractivity contribution in [3.8, 4) is 23.3 Å². The summed E-state index contributed by atoms with van der Waals surface area (Å²) in [6, 6.07) is 21.1. The summed E-state index contributed by atoms with van der Waals surface area (Å²) in [7, 11) is 1.57. The van der Waals surface area contributed by atoms with Crippen molar-refractivity contribution in [2.24, 2.45) is 0 Å². The summed E-state index contributed by atoms with van der Waals surface area (Å²) in [5.74, 6) is 0.580. The van der Waals surface area contributed by atoms with Gasteiger partial charge in [-0.3, -0.25) is 9.59 Å². The number of nitriles is 1. The molecule has 0 aromatic heterocycles. The molecule has 0 aliphatic heterocycles. The van der Waals surface area contributed by atoms with Gasteiger partial charge in [0.2, 0.25) is 0 Å². The van der Waals surface area contributed by atoms with Crippen LogP contribution in [0.5, 0.6) is 17.2 Å². The second-order valence-corrected chi connectivity index (χ2v) is 7.70. The van der Waals surface area contributed by atoms with Crippen molar-refractivity contribution in [3.05, 3.63) is 83.4 Å². The molecule has 0 spiro atoms. The smallest absolute Gasteiger partial charge is 0.266 e. The number of aryl methyl sites for hydroxylation is 1. The molecule has 8 nitrogen and oxygen atoms in total. The Morgan fingerprint density at radius 1 is 0.944 bits per heavy atom. The maximum atomic E-state index is 12.6. The Labute approximate surface area is 210 Å². The fourth-order valence-corrected chi connectivity index (χ4v) is 3.25. The molecule has 0 saturated heterocycles. The van der Waals surface area contributed by atoms with E-state index in [2.05, 4.69) is 10.6 Å². The molecule has 0 bridgehead atoms. The molecule has 36 heavy (non-hydrogen) atoms. The number of anilines is 2. The van der Waals surface area contributed by atoms with Gasteiger partial charge < -0.3 is 24.8 Å². The van der Waals surface area contributed by atoms with Crippen molar-refractivity contribution < 1.29 is 23.8 Å². The molecular formula is C28H27N3O5. The van der Waals surface area contributed by atoms with Gasteiger partial charge in [0.05, 0.1) is 13.7 Å². The van der Waals surface area contributed by atoms with Gasteiger partial charge in [0.25, 0.3) is 11.8 Å². The number of nitrogens with zero attached hydrogens (tertiary/aromatic N) is 1. The number of amides is 2. The lowest BCUT2D eigenvalue weighted by atomic mass is 10.1. The summed E-state index contributed by atoms with van der Waals surface area (Å²) in [4.78, 5) is 24.9. The number of rotatable bonds is 10. The summed E-state index contributed by atoms with van der Waals surface area (Å²) in [6.45, 7) is 3.86. The maximum Gasteiger partial charge on any atom is 0.266 e. The van der Waals surface area contributed by atoms with Gasteiger partial charge in [-0.1, -0.05) is 18.2 Å². The molecule has 0 fully saturated rings. The van der Waals surface area contributed by atoms with E-state index in [9.17, 15) is 14.9 Å². The van der Waals surface area contributed by atoms with Crippen molar-refractivity contribution in [2.75, 3.05) is 31.0 Å². The van der Waals surface area contributed by atoms with Gasteiger partial charge in [-0.05, 0) is 79.6 Å². The van der Waals surface area contributed by atoms with Crippen LogP contribution in [0.2, 0.25) is 0 Å². The van der Waals surface area contributed by atoms with Crippen molar-refractivity contribution in [1.82, 2.24) is 0 Å². The zero-order valence-corrected chi connectivity index (χ0v) is 20.3. The molecule has 0 aliphatic rings. The van der Waals surface area contributed by atoms with Gasteiger partial charge in [0.1, 0.15) is 17.4 Å². The van der Waals surface area contributed by atoms with Crippen LogP contribution in [0, 0.1) is 18.3 Å². The van der Waals surface area contributed by atoms with Crippen molar-refractivity contribution in [3.63, 3.8) is 0 Å². The largest absolute Gasteiger partial charge is 0.497 e. The average molecular weight is 486 g/mol. The Balaban J connectivity index is 1.69. The van der Waals surface area contributed by atoms with E-state index in [0.717, 1.165) is 5.56 Å². The normalized spacial score (nSPS) is 10.7. The summed E-state index contributed by atoms with van der Waals surface area (Å²) in [5, 5.41) is 15.0. The first-order valence-electron chi connectivity index (χ1n) is 11.2. The number of hydrogen-bond acceptors (Lipinski definition) is 6. The van der Waals surface area contributed by atoms with Gasteiger partial charge >= 0.3 is 0 Å². The summed E-state index contributed by atoms with van der Waals surface area (Å²) in [5.41, 5.74) is 2.72. The molecule has 2 amide bonds. The Bertz CT molecular complexity index is 1290. The van der Waals surface area contributed by atoms with E-state index in [-0.39, 0.29) is 18.1 Å². The topological polar surface area (TPSA) is 110 Å². The molecule has 0 saturated carbocycles. The lowest BCUT2D eigenvalue weighted by Crippen LogP contribution is -2.20. The maximum absolute atomic E-state index is 12.6. The monoisotopic (exact) mass is 485 g/mol. The van der Waals surface area contributed by atoms with E-state index < -0.39 is 5.91 Å². The lowest BCUT2D eigenvalue weighted by molar-refractivity contribution is -0.118. The zero-order valence-electron chi connectivity index (χ0n) is 20.3. The minimum absolute atomic E-state index is 0.0634. The molecule has 3 aromatic rings. The number of hydrogen-bond donors (Lipinski definition) is 2. The van der Waals surface area contributed by atoms with Gasteiger partial charge in [-0.25, -0.2) is 0 Å². The number of benzene rings is 3. The minimum atomic E-state index is -0.517. The Kier molecular flexibility index (Phi) is 9.06. The molecule has 2 N–H and O–H groups in total. The van der Waals surface area contributed by atoms with Crippen molar-refractivity contribution in [2.45, 2.75) is 13.8 Å². The fourth-order valence-electron chi connectivity index (χ4n) is 3.25. The number of methoxy groups -OCH3 is 1. The SMILES string of the molecule is CCOc1cc(C=C(C#N)C(=O)Nc2cccc(C)c2)ccc1OCC(=O)Nc1ccc(OC)cc1. The molecule has 0 unspecified atom stereocenters. The Morgan fingerprint density at radius 2 is 1.72 bits per heavy atom. The second-order valence-electron chi connectivity index (χ2n) is 7.70. The Hall–Kier alpha value is -4.77. The number of carbonyl (C=O) groups excluding carboxylic acids is 2. The molecule has 0 heterocycles. The fraction of sp³-hybridized carbons (Fsp3) is 0.179. The number of nitrogens with one attached hydrogen (secondary N) is 2. The third-order valence-corrected chi connectivity index (χ3v) is 4.95. The van der Waals surface area contributed by atoms with Crippen LogP contribution >= 0.6 is 0 Å². The highest BCUT2D eigenvalue weighted by Crippen LogP contribution is 2.29. The third-order valence-electron chi connectivity index (χ3n) is 4.95. The van der Waals surface area contributed by atoms with Gasteiger partial charge in [-0.15, -0.1) is 0 Å². The van der Waals surface area contributed by atoms with Gasteiger partial charge in [0, 0.05) is 11.4 Å². The van der Waals surface area contributed by atoms with Crippen LogP contribution < -0.4 is 24.8 Å². The predicted molar refractivity (Wildman–Crippen MR) is 138 cm³/mol. The van der Waals surface area contributed by atoms with E-state index >= 15 is 0 Å². The van der Waals surface area contributed by atoms with Crippen LogP contribution in [0.3, 0.4) is 0 Å². The minimum Gasteiger partial charge on any atom is -0.497 e. The molecule has 3 aromatic carbocycles. The van der Waals surface area contributed by atoms with E-state index in [4.69, 9.17) is 14.2 Å². The average Bonchev–Trinajstić information content (AvgIpc) is 2.87. The lowest BCUT2D eigenvalue weighted by Gasteiger charge is -2.13. The molecule has 8 heteroatoms. The highest BCUT2D eigenvalue weighted by molar-refractivity contribution is 6.09. The molecular weight excluding hydrogens is 458 g/mol. The number of ether oxygens (including phenoxy) is 3. The zero-order chi connectivity index (χ0) is 25.9. The molecule has 0 atom stereocenters. The second kappa shape index (κ2) is 12.6. The Morgan fingerprint density at radius 3 is 2.39 bits per heavy atom. The third kappa shape index (κ3) is 7.37. The quantitative estimate of drug-likeness (QED) is 0.310. The molecule has 184 valence electrons. The van der Waals surface area contributed by atoms with E-state index in [1.54, 1.807) is 55.6 Å².